The Morgan fingerprint density at radius 3 is 2.31 bits per heavy atom. The van der Waals surface area contributed by atoms with Gasteiger partial charge in [0.25, 0.3) is 5.91 Å². The predicted octanol–water partition coefficient (Wildman–Crippen LogP) is 2.07. The second-order valence-corrected chi connectivity index (χ2v) is 12.6. The number of sulfonamides is 1. The maximum Gasteiger partial charge on any atom is 0.325 e. The molecule has 1 aromatic carbocycles. The smallest absolute Gasteiger partial charge is 0.325 e. The van der Waals surface area contributed by atoms with Crippen molar-refractivity contribution < 1.29 is 36.0 Å². The second-order valence-electron chi connectivity index (χ2n) is 10.7. The highest BCUT2D eigenvalue weighted by atomic mass is 32.2. The van der Waals surface area contributed by atoms with Crippen LogP contribution in [0.25, 0.3) is 0 Å². The molecule has 1 aliphatic carbocycles. The Morgan fingerprint density at radius 2 is 1.69 bits per heavy atom. The number of urea groups is 1. The van der Waals surface area contributed by atoms with Crippen molar-refractivity contribution in [2.75, 3.05) is 32.7 Å². The monoisotopic (exact) mass is 530 g/mol. The molecule has 4 amide bonds. The number of halogens is 3. The number of carbonyl (C=O) groups excluding carboxylic acids is 3. The molecule has 3 fully saturated rings. The fourth-order valence-corrected chi connectivity index (χ4v) is 7.39. The SMILES string of the molecule is C[C@H]1CC(C)(C)C[C@@]2(C1)NC(=O)N(CC(=O)N1CCN(S(=O)(=O)c3ccc(F)c(F)c3F)CC1)C2=O. The number of rotatable bonds is 4. The van der Waals surface area contributed by atoms with Crippen LogP contribution in [0.1, 0.15) is 40.0 Å². The van der Waals surface area contributed by atoms with Crippen LogP contribution in [0.3, 0.4) is 0 Å². The first-order chi connectivity index (χ1) is 16.7. The summed E-state index contributed by atoms with van der Waals surface area (Å²) >= 11 is 0. The maximum atomic E-state index is 14.1. The van der Waals surface area contributed by atoms with Gasteiger partial charge in [-0.25, -0.2) is 26.4 Å². The molecule has 1 aromatic rings. The Morgan fingerprint density at radius 1 is 1.06 bits per heavy atom. The van der Waals surface area contributed by atoms with Crippen molar-refractivity contribution >= 4 is 27.9 Å². The van der Waals surface area contributed by atoms with E-state index in [0.717, 1.165) is 15.6 Å². The highest BCUT2D eigenvalue weighted by Crippen LogP contribution is 2.46. The Hall–Kier alpha value is -2.67. The topological polar surface area (TPSA) is 107 Å². The molecule has 0 aromatic heterocycles. The van der Waals surface area contributed by atoms with Gasteiger partial charge < -0.3 is 10.2 Å². The molecule has 2 heterocycles. The van der Waals surface area contributed by atoms with E-state index in [-0.39, 0.29) is 37.5 Å². The first-order valence-electron chi connectivity index (χ1n) is 11.7. The quantitative estimate of drug-likeness (QED) is 0.474. The van der Waals surface area contributed by atoms with Crippen LogP contribution in [-0.4, -0.2) is 78.6 Å². The minimum atomic E-state index is -4.47. The molecular weight excluding hydrogens is 501 g/mol. The molecule has 13 heteroatoms. The first-order valence-corrected chi connectivity index (χ1v) is 13.2. The third-order valence-corrected chi connectivity index (χ3v) is 9.04. The summed E-state index contributed by atoms with van der Waals surface area (Å²) in [7, 11) is -4.47. The van der Waals surface area contributed by atoms with Crippen LogP contribution in [0, 0.1) is 28.8 Å². The summed E-state index contributed by atoms with van der Waals surface area (Å²) in [5.74, 6) is -5.95. The molecule has 0 unspecified atom stereocenters. The van der Waals surface area contributed by atoms with Gasteiger partial charge in [-0.3, -0.25) is 14.5 Å². The zero-order chi connectivity index (χ0) is 26.6. The maximum absolute atomic E-state index is 14.1. The van der Waals surface area contributed by atoms with Crippen molar-refractivity contribution in [1.82, 2.24) is 19.4 Å². The molecule has 198 valence electrons. The molecule has 1 spiro atoms. The Kier molecular flexibility index (Phi) is 6.61. The van der Waals surface area contributed by atoms with Crippen molar-refractivity contribution in [3.63, 3.8) is 0 Å². The van der Waals surface area contributed by atoms with Crippen molar-refractivity contribution in [2.45, 2.75) is 50.5 Å². The highest BCUT2D eigenvalue weighted by Gasteiger charge is 2.56. The number of amides is 4. The molecule has 9 nitrogen and oxygen atoms in total. The first kappa shape index (κ1) is 26.4. The van der Waals surface area contributed by atoms with Gasteiger partial charge in [-0.15, -0.1) is 0 Å². The van der Waals surface area contributed by atoms with E-state index in [1.54, 1.807) is 0 Å². The van der Waals surface area contributed by atoms with E-state index >= 15 is 0 Å². The molecule has 1 saturated carbocycles. The summed E-state index contributed by atoms with van der Waals surface area (Å²) in [4.78, 5) is 40.1. The number of benzene rings is 1. The Bertz CT molecular complexity index is 1220. The Labute approximate surface area is 207 Å². The third kappa shape index (κ3) is 4.58. The summed E-state index contributed by atoms with van der Waals surface area (Å²) in [6.45, 7) is 5.02. The van der Waals surface area contributed by atoms with E-state index < -0.39 is 62.3 Å². The average Bonchev–Trinajstić information content (AvgIpc) is 2.99. The summed E-state index contributed by atoms with van der Waals surface area (Å²) in [5, 5.41) is 2.81. The molecule has 4 rings (SSSR count). The lowest BCUT2D eigenvalue weighted by Gasteiger charge is -2.43. The summed E-state index contributed by atoms with van der Waals surface area (Å²) in [5.41, 5.74) is -1.20. The number of imide groups is 1. The number of piperazine rings is 1. The number of carbonyl (C=O) groups is 3. The molecule has 3 aliphatic rings. The van der Waals surface area contributed by atoms with E-state index in [9.17, 15) is 36.0 Å². The van der Waals surface area contributed by atoms with Gasteiger partial charge in [0.05, 0.1) is 0 Å². The third-order valence-electron chi connectivity index (χ3n) is 7.13. The van der Waals surface area contributed by atoms with Crippen molar-refractivity contribution in [2.24, 2.45) is 11.3 Å². The number of hydrogen-bond acceptors (Lipinski definition) is 5. The number of nitrogens with one attached hydrogen (secondary N) is 1. The predicted molar refractivity (Wildman–Crippen MR) is 121 cm³/mol. The lowest BCUT2D eigenvalue weighted by atomic mass is 9.64. The van der Waals surface area contributed by atoms with E-state index in [4.69, 9.17) is 0 Å². The average molecular weight is 531 g/mol. The molecular formula is C23H29F3N4O5S. The standard InChI is InChI=1S/C23H29F3N4O5S/c1-14-10-22(2,3)13-23(11-14)20(32)30(21(33)27-23)12-17(31)28-6-8-29(9-7-28)36(34,35)16-5-4-15(24)18(25)19(16)26/h4-5,14H,6-13H2,1-3H3,(H,27,33)/t14-,23+/m0/s1. The Balaban J connectivity index is 1.41. The molecule has 36 heavy (non-hydrogen) atoms. The van der Waals surface area contributed by atoms with Gasteiger partial charge in [0.15, 0.2) is 17.5 Å². The van der Waals surface area contributed by atoms with Crippen molar-refractivity contribution in [3.8, 4) is 0 Å². The normalized spacial score (nSPS) is 27.0. The number of hydrogen-bond donors (Lipinski definition) is 1. The van der Waals surface area contributed by atoms with Crippen LogP contribution in [0.2, 0.25) is 0 Å². The lowest BCUT2D eigenvalue weighted by Crippen LogP contribution is -2.55. The van der Waals surface area contributed by atoms with Gasteiger partial charge in [0.1, 0.15) is 17.0 Å². The highest BCUT2D eigenvalue weighted by molar-refractivity contribution is 7.89. The van der Waals surface area contributed by atoms with Crippen LogP contribution < -0.4 is 5.32 Å². The minimum Gasteiger partial charge on any atom is -0.338 e. The van der Waals surface area contributed by atoms with E-state index in [1.807, 2.05) is 20.8 Å². The van der Waals surface area contributed by atoms with Crippen LogP contribution >= 0.6 is 0 Å². The molecule has 0 bridgehead atoms. The van der Waals surface area contributed by atoms with E-state index in [0.29, 0.717) is 25.0 Å². The van der Waals surface area contributed by atoms with Gasteiger partial charge in [-0.2, -0.15) is 4.31 Å². The zero-order valence-corrected chi connectivity index (χ0v) is 21.1. The van der Waals surface area contributed by atoms with Crippen LogP contribution in [0.15, 0.2) is 17.0 Å². The molecule has 2 aliphatic heterocycles. The second kappa shape index (κ2) is 9.02. The summed E-state index contributed by atoms with van der Waals surface area (Å²) in [6.07, 6.45) is 1.87. The van der Waals surface area contributed by atoms with Crippen molar-refractivity contribution in [3.05, 3.63) is 29.6 Å². The molecule has 0 radical (unpaired) electrons. The fraction of sp³-hybridized carbons (Fsp3) is 0.609. The summed E-state index contributed by atoms with van der Waals surface area (Å²) < 4.78 is 67.2. The minimum absolute atomic E-state index is 0.0811. The van der Waals surface area contributed by atoms with Crippen LogP contribution in [0.5, 0.6) is 0 Å². The molecule has 2 saturated heterocycles. The largest absolute Gasteiger partial charge is 0.338 e. The van der Waals surface area contributed by atoms with Crippen LogP contribution in [-0.2, 0) is 19.6 Å². The van der Waals surface area contributed by atoms with Crippen LogP contribution in [0.4, 0.5) is 18.0 Å². The zero-order valence-electron chi connectivity index (χ0n) is 20.3. The molecule has 2 atom stereocenters. The van der Waals surface area contributed by atoms with E-state index in [1.165, 1.54) is 4.90 Å². The van der Waals surface area contributed by atoms with Gasteiger partial charge in [0, 0.05) is 26.2 Å². The van der Waals surface area contributed by atoms with E-state index in [2.05, 4.69) is 5.32 Å². The lowest BCUT2D eigenvalue weighted by molar-refractivity contribution is -0.141. The summed E-state index contributed by atoms with van der Waals surface area (Å²) in [6, 6.07) is 0.555. The molecule has 1 N–H and O–H groups in total. The van der Waals surface area contributed by atoms with Crippen molar-refractivity contribution in [1.29, 1.82) is 0 Å². The number of nitrogens with zero attached hydrogens (tertiary/aromatic N) is 3. The van der Waals surface area contributed by atoms with Gasteiger partial charge >= 0.3 is 6.03 Å². The van der Waals surface area contributed by atoms with Gasteiger partial charge in [-0.05, 0) is 42.7 Å². The van der Waals surface area contributed by atoms with Gasteiger partial charge in [-0.1, -0.05) is 20.8 Å². The fourth-order valence-electron chi connectivity index (χ4n) is 5.91. The van der Waals surface area contributed by atoms with Gasteiger partial charge in [0.2, 0.25) is 15.9 Å².